The zero-order valence-corrected chi connectivity index (χ0v) is 10.1. The fourth-order valence-electron chi connectivity index (χ4n) is 1.65. The van der Waals surface area contributed by atoms with Crippen molar-refractivity contribution in [2.75, 3.05) is 0 Å². The lowest BCUT2D eigenvalue weighted by atomic mass is 9.99. The Labute approximate surface area is 107 Å². The maximum absolute atomic E-state index is 9.01. The van der Waals surface area contributed by atoms with Gasteiger partial charge in [-0.25, -0.2) is 0 Å². The summed E-state index contributed by atoms with van der Waals surface area (Å²) in [6.07, 6.45) is 0. The summed E-state index contributed by atoms with van der Waals surface area (Å²) in [4.78, 5) is 0. The van der Waals surface area contributed by atoms with Crippen LogP contribution in [-0.2, 0) is 6.54 Å². The normalized spacial score (nSPS) is 9.18. The molecule has 0 bridgehead atoms. The minimum absolute atomic E-state index is 0. The molecule has 3 heteroatoms. The number of nitriles is 1. The van der Waals surface area contributed by atoms with E-state index >= 15 is 0 Å². The average Bonchev–Trinajstić information content (AvgIpc) is 2.39. The highest BCUT2D eigenvalue weighted by atomic mass is 35.5. The van der Waals surface area contributed by atoms with E-state index in [2.05, 4.69) is 6.07 Å². The number of nitrogens with two attached hydrogens (primary N) is 1. The van der Waals surface area contributed by atoms with Crippen LogP contribution in [0.4, 0.5) is 0 Å². The molecule has 0 amide bonds. The quantitative estimate of drug-likeness (QED) is 0.883. The highest BCUT2D eigenvalue weighted by Gasteiger charge is 2.02. The molecular formula is C14H13ClN2. The van der Waals surface area contributed by atoms with E-state index in [4.69, 9.17) is 11.0 Å². The van der Waals surface area contributed by atoms with Crippen molar-refractivity contribution < 1.29 is 0 Å². The molecule has 0 aliphatic rings. The van der Waals surface area contributed by atoms with Gasteiger partial charge in [0.1, 0.15) is 0 Å². The van der Waals surface area contributed by atoms with Gasteiger partial charge in [-0.3, -0.25) is 0 Å². The molecule has 17 heavy (non-hydrogen) atoms. The summed E-state index contributed by atoms with van der Waals surface area (Å²) in [5, 5.41) is 9.01. The zero-order valence-electron chi connectivity index (χ0n) is 9.26. The van der Waals surface area contributed by atoms with Crippen molar-refractivity contribution in [3.8, 4) is 17.2 Å². The molecule has 0 aromatic heterocycles. The van der Waals surface area contributed by atoms with Gasteiger partial charge < -0.3 is 5.73 Å². The maximum Gasteiger partial charge on any atom is 0.0998 e. The summed E-state index contributed by atoms with van der Waals surface area (Å²) >= 11 is 0. The minimum Gasteiger partial charge on any atom is -0.326 e. The van der Waals surface area contributed by atoms with Gasteiger partial charge in [-0.05, 0) is 22.8 Å². The molecule has 2 nitrogen and oxygen atoms in total. The van der Waals surface area contributed by atoms with Crippen LogP contribution in [0.5, 0.6) is 0 Å². The van der Waals surface area contributed by atoms with E-state index < -0.39 is 0 Å². The number of hydrogen-bond acceptors (Lipinski definition) is 2. The van der Waals surface area contributed by atoms with Crippen molar-refractivity contribution in [2.24, 2.45) is 5.73 Å². The third-order valence-corrected chi connectivity index (χ3v) is 2.55. The fraction of sp³-hybridized carbons (Fsp3) is 0.0714. The first-order valence-electron chi connectivity index (χ1n) is 5.13. The van der Waals surface area contributed by atoms with Crippen LogP contribution in [0, 0.1) is 11.3 Å². The van der Waals surface area contributed by atoms with E-state index in [0.717, 1.165) is 16.7 Å². The van der Waals surface area contributed by atoms with Gasteiger partial charge in [0.05, 0.1) is 11.6 Å². The zero-order chi connectivity index (χ0) is 11.4. The van der Waals surface area contributed by atoms with E-state index in [-0.39, 0.29) is 12.4 Å². The van der Waals surface area contributed by atoms with Crippen molar-refractivity contribution >= 4 is 12.4 Å². The number of benzene rings is 2. The predicted octanol–water partition coefficient (Wildman–Crippen LogP) is 3.11. The largest absolute Gasteiger partial charge is 0.326 e. The minimum atomic E-state index is 0. The number of hydrogen-bond donors (Lipinski definition) is 1. The van der Waals surface area contributed by atoms with Crippen molar-refractivity contribution in [1.82, 2.24) is 0 Å². The first kappa shape index (κ1) is 13.2. The lowest BCUT2D eigenvalue weighted by Gasteiger charge is -2.04. The van der Waals surface area contributed by atoms with Gasteiger partial charge in [-0.1, -0.05) is 42.5 Å². The van der Waals surface area contributed by atoms with Crippen LogP contribution < -0.4 is 5.73 Å². The van der Waals surface area contributed by atoms with E-state index in [0.29, 0.717) is 12.1 Å². The molecule has 2 rings (SSSR count). The summed E-state index contributed by atoms with van der Waals surface area (Å²) in [5.74, 6) is 0. The molecule has 0 aliphatic carbocycles. The summed E-state index contributed by atoms with van der Waals surface area (Å²) in [6.45, 7) is 0.542. The van der Waals surface area contributed by atoms with Crippen molar-refractivity contribution in [3.05, 3.63) is 59.7 Å². The third kappa shape index (κ3) is 2.85. The summed E-state index contributed by atoms with van der Waals surface area (Å²) in [7, 11) is 0. The smallest absolute Gasteiger partial charge is 0.0998 e. The fourth-order valence-corrected chi connectivity index (χ4v) is 1.65. The van der Waals surface area contributed by atoms with Crippen LogP contribution in [0.25, 0.3) is 11.1 Å². The second-order valence-electron chi connectivity index (χ2n) is 3.56. The summed E-state index contributed by atoms with van der Waals surface area (Å²) < 4.78 is 0. The van der Waals surface area contributed by atoms with Crippen LogP contribution in [0.15, 0.2) is 48.5 Å². The monoisotopic (exact) mass is 244 g/mol. The first-order valence-corrected chi connectivity index (χ1v) is 5.13. The molecule has 0 fully saturated rings. The average molecular weight is 245 g/mol. The van der Waals surface area contributed by atoms with Crippen LogP contribution >= 0.6 is 12.4 Å². The van der Waals surface area contributed by atoms with Crippen LogP contribution in [-0.4, -0.2) is 0 Å². The van der Waals surface area contributed by atoms with Gasteiger partial charge in [0, 0.05) is 6.54 Å². The molecule has 0 atom stereocenters. The summed E-state index contributed by atoms with van der Waals surface area (Å²) in [5.41, 5.74) is 9.35. The van der Waals surface area contributed by atoms with Gasteiger partial charge >= 0.3 is 0 Å². The topological polar surface area (TPSA) is 49.8 Å². The Balaban J connectivity index is 0.00000144. The van der Waals surface area contributed by atoms with E-state index in [9.17, 15) is 0 Å². The maximum atomic E-state index is 9.01. The standard InChI is InChI=1S/C14H12N2.ClH/c15-9-11-5-7-12(8-6-11)14-4-2-1-3-13(14)10-16;/h1-8H,9,15H2;1H. The Hall–Kier alpha value is -1.82. The molecular weight excluding hydrogens is 232 g/mol. The van der Waals surface area contributed by atoms with Crippen LogP contribution in [0.1, 0.15) is 11.1 Å². The lowest BCUT2D eigenvalue weighted by Crippen LogP contribution is -1.95. The molecule has 2 aromatic rings. The second kappa shape index (κ2) is 6.05. The number of rotatable bonds is 2. The Morgan fingerprint density at radius 3 is 2.24 bits per heavy atom. The highest BCUT2D eigenvalue weighted by molar-refractivity contribution is 5.85. The van der Waals surface area contributed by atoms with Gasteiger partial charge in [0.15, 0.2) is 0 Å². The first-order chi connectivity index (χ1) is 7.85. The summed E-state index contributed by atoms with van der Waals surface area (Å²) in [6, 6.07) is 17.8. The Morgan fingerprint density at radius 1 is 1.00 bits per heavy atom. The molecule has 0 radical (unpaired) electrons. The number of nitrogens with zero attached hydrogens (tertiary/aromatic N) is 1. The molecule has 0 saturated heterocycles. The van der Waals surface area contributed by atoms with E-state index in [1.165, 1.54) is 0 Å². The Bertz CT molecular complexity index is 527. The highest BCUT2D eigenvalue weighted by Crippen LogP contribution is 2.23. The van der Waals surface area contributed by atoms with Gasteiger partial charge in [0.2, 0.25) is 0 Å². The molecule has 86 valence electrons. The Kier molecular flexibility index (Phi) is 4.71. The third-order valence-electron chi connectivity index (χ3n) is 2.55. The van der Waals surface area contributed by atoms with Crippen molar-refractivity contribution in [2.45, 2.75) is 6.54 Å². The predicted molar refractivity (Wildman–Crippen MR) is 71.7 cm³/mol. The molecule has 0 unspecified atom stereocenters. The Morgan fingerprint density at radius 2 is 1.65 bits per heavy atom. The van der Waals surface area contributed by atoms with Gasteiger partial charge in [-0.15, -0.1) is 12.4 Å². The molecule has 2 N–H and O–H groups in total. The molecule has 0 saturated carbocycles. The molecule has 2 aromatic carbocycles. The van der Waals surface area contributed by atoms with Gasteiger partial charge in [-0.2, -0.15) is 5.26 Å². The van der Waals surface area contributed by atoms with Crippen molar-refractivity contribution in [1.29, 1.82) is 5.26 Å². The molecule has 0 heterocycles. The van der Waals surface area contributed by atoms with E-state index in [1.54, 1.807) is 0 Å². The SMILES string of the molecule is Cl.N#Cc1ccccc1-c1ccc(CN)cc1. The van der Waals surface area contributed by atoms with E-state index in [1.807, 2.05) is 48.5 Å². The van der Waals surface area contributed by atoms with Crippen LogP contribution in [0.3, 0.4) is 0 Å². The number of halogens is 1. The van der Waals surface area contributed by atoms with Gasteiger partial charge in [0.25, 0.3) is 0 Å². The molecule has 0 aliphatic heterocycles. The van der Waals surface area contributed by atoms with Crippen molar-refractivity contribution in [3.63, 3.8) is 0 Å². The second-order valence-corrected chi connectivity index (χ2v) is 3.56. The molecule has 0 spiro atoms. The lowest BCUT2D eigenvalue weighted by molar-refractivity contribution is 1.07. The van der Waals surface area contributed by atoms with Crippen LogP contribution in [0.2, 0.25) is 0 Å².